The first kappa shape index (κ1) is 18.7. The number of para-hydroxylation sites is 1. The van der Waals surface area contributed by atoms with Gasteiger partial charge in [0.15, 0.2) is 6.10 Å². The minimum Gasteiger partial charge on any atom is -0.481 e. The lowest BCUT2D eigenvalue weighted by atomic mass is 9.92. The van der Waals surface area contributed by atoms with E-state index in [1.165, 1.54) is 24.0 Å². The van der Waals surface area contributed by atoms with E-state index in [2.05, 4.69) is 17.4 Å². The highest BCUT2D eigenvalue weighted by Gasteiger charge is 2.20. The van der Waals surface area contributed by atoms with Crippen molar-refractivity contribution in [2.45, 2.75) is 45.1 Å². The highest BCUT2D eigenvalue weighted by molar-refractivity contribution is 6.06. The van der Waals surface area contributed by atoms with E-state index >= 15 is 0 Å². The molecule has 1 aromatic heterocycles. The van der Waals surface area contributed by atoms with Gasteiger partial charge in [0, 0.05) is 22.5 Å². The molecule has 0 saturated carbocycles. The number of hydrogen-bond donors (Lipinski definition) is 1. The van der Waals surface area contributed by atoms with Crippen molar-refractivity contribution in [3.05, 3.63) is 71.8 Å². The number of carbonyl (C=O) groups excluding carboxylic acids is 1. The Labute approximate surface area is 175 Å². The van der Waals surface area contributed by atoms with E-state index in [4.69, 9.17) is 9.15 Å². The Balaban J connectivity index is 1.33. The summed E-state index contributed by atoms with van der Waals surface area (Å²) >= 11 is 0. The quantitative estimate of drug-likeness (QED) is 0.431. The van der Waals surface area contributed by atoms with Crippen LogP contribution in [0.2, 0.25) is 0 Å². The Morgan fingerprint density at radius 3 is 2.63 bits per heavy atom. The highest BCUT2D eigenvalue weighted by Crippen LogP contribution is 2.31. The van der Waals surface area contributed by atoms with Crippen molar-refractivity contribution in [2.75, 3.05) is 5.32 Å². The molecule has 152 valence electrons. The minimum absolute atomic E-state index is 0.148. The Hall–Kier alpha value is -3.27. The first-order valence-corrected chi connectivity index (χ1v) is 10.7. The second kappa shape index (κ2) is 7.86. The van der Waals surface area contributed by atoms with Crippen LogP contribution >= 0.6 is 0 Å². The zero-order valence-corrected chi connectivity index (χ0v) is 17.1. The number of aryl methyl sites for hydroxylation is 2. The Morgan fingerprint density at radius 1 is 0.967 bits per heavy atom. The van der Waals surface area contributed by atoms with Crippen LogP contribution < -0.4 is 10.1 Å². The second-order valence-corrected chi connectivity index (χ2v) is 7.95. The first-order chi connectivity index (χ1) is 14.7. The average molecular weight is 399 g/mol. The first-order valence-electron chi connectivity index (χ1n) is 10.7. The predicted molar refractivity (Wildman–Crippen MR) is 120 cm³/mol. The van der Waals surface area contributed by atoms with Gasteiger partial charge >= 0.3 is 0 Å². The summed E-state index contributed by atoms with van der Waals surface area (Å²) in [5.74, 6) is 0.621. The molecule has 1 N–H and O–H groups in total. The van der Waals surface area contributed by atoms with Gasteiger partial charge in [0.2, 0.25) is 0 Å². The molecule has 1 atom stereocenters. The molecule has 0 radical (unpaired) electrons. The zero-order valence-electron chi connectivity index (χ0n) is 17.1. The van der Waals surface area contributed by atoms with Crippen LogP contribution in [0.15, 0.2) is 65.1 Å². The molecule has 0 aliphatic heterocycles. The molecule has 1 amide bonds. The summed E-state index contributed by atoms with van der Waals surface area (Å²) < 4.78 is 12.0. The normalized spacial score (nSPS) is 14.4. The average Bonchev–Trinajstić information content (AvgIpc) is 3.15. The number of nitrogens with one attached hydrogen (secondary N) is 1. The van der Waals surface area contributed by atoms with E-state index in [0.29, 0.717) is 12.1 Å². The largest absolute Gasteiger partial charge is 0.481 e. The zero-order chi connectivity index (χ0) is 20.5. The summed E-state index contributed by atoms with van der Waals surface area (Å²) in [5.41, 5.74) is 5.07. The number of ether oxygens (including phenoxy) is 1. The van der Waals surface area contributed by atoms with Gasteiger partial charge in [-0.1, -0.05) is 31.2 Å². The van der Waals surface area contributed by atoms with E-state index in [9.17, 15) is 4.79 Å². The van der Waals surface area contributed by atoms with Gasteiger partial charge in [0.1, 0.15) is 16.9 Å². The van der Waals surface area contributed by atoms with Gasteiger partial charge in [0.25, 0.3) is 5.91 Å². The lowest BCUT2D eigenvalue weighted by Crippen LogP contribution is -2.32. The number of carbonyl (C=O) groups is 1. The van der Waals surface area contributed by atoms with E-state index in [0.717, 1.165) is 40.5 Å². The number of benzene rings is 3. The third-order valence-electron chi connectivity index (χ3n) is 5.91. The second-order valence-electron chi connectivity index (χ2n) is 7.95. The fourth-order valence-corrected chi connectivity index (χ4v) is 4.30. The number of furan rings is 1. The third kappa shape index (κ3) is 3.54. The monoisotopic (exact) mass is 399 g/mol. The molecule has 0 bridgehead atoms. The molecule has 1 unspecified atom stereocenters. The molecule has 4 aromatic rings. The number of hydrogen-bond acceptors (Lipinski definition) is 3. The van der Waals surface area contributed by atoms with Crippen molar-refractivity contribution < 1.29 is 13.9 Å². The summed E-state index contributed by atoms with van der Waals surface area (Å²) in [6, 6.07) is 19.9. The van der Waals surface area contributed by atoms with E-state index < -0.39 is 6.10 Å². The van der Waals surface area contributed by atoms with Gasteiger partial charge in [-0.25, -0.2) is 0 Å². The van der Waals surface area contributed by atoms with Crippen LogP contribution in [0.5, 0.6) is 5.75 Å². The predicted octanol–water partition coefficient (Wildman–Crippen LogP) is 6.26. The maximum atomic E-state index is 12.9. The number of rotatable bonds is 5. The number of amides is 1. The molecule has 5 rings (SSSR count). The van der Waals surface area contributed by atoms with Crippen LogP contribution in [-0.4, -0.2) is 12.0 Å². The van der Waals surface area contributed by atoms with Crippen LogP contribution in [0.3, 0.4) is 0 Å². The fourth-order valence-electron chi connectivity index (χ4n) is 4.30. The molecular weight excluding hydrogens is 374 g/mol. The summed E-state index contributed by atoms with van der Waals surface area (Å²) in [6.45, 7) is 1.96. The molecule has 4 nitrogen and oxygen atoms in total. The summed E-state index contributed by atoms with van der Waals surface area (Å²) in [4.78, 5) is 12.9. The molecule has 0 fully saturated rings. The lowest BCUT2D eigenvalue weighted by molar-refractivity contribution is -0.122. The number of anilines is 1. The summed E-state index contributed by atoms with van der Waals surface area (Å²) in [7, 11) is 0. The van der Waals surface area contributed by atoms with Crippen molar-refractivity contribution >= 4 is 33.5 Å². The Morgan fingerprint density at radius 2 is 1.77 bits per heavy atom. The van der Waals surface area contributed by atoms with Crippen LogP contribution in [0.4, 0.5) is 5.69 Å². The van der Waals surface area contributed by atoms with Gasteiger partial charge in [-0.3, -0.25) is 4.79 Å². The van der Waals surface area contributed by atoms with Gasteiger partial charge in [-0.2, -0.15) is 0 Å². The van der Waals surface area contributed by atoms with E-state index in [-0.39, 0.29) is 5.91 Å². The minimum atomic E-state index is -0.544. The SMILES string of the molecule is CCC(Oc1ccc2c(c1)CCCC2)C(=O)Nc1ccc2c(c1)oc1ccccc12. The highest BCUT2D eigenvalue weighted by atomic mass is 16.5. The number of fused-ring (bicyclic) bond motifs is 4. The molecule has 1 aliphatic rings. The maximum absolute atomic E-state index is 12.9. The smallest absolute Gasteiger partial charge is 0.265 e. The molecular formula is C26H25NO3. The maximum Gasteiger partial charge on any atom is 0.265 e. The Bertz CT molecular complexity index is 1220. The molecule has 4 heteroatoms. The van der Waals surface area contributed by atoms with Gasteiger partial charge in [-0.15, -0.1) is 0 Å². The van der Waals surface area contributed by atoms with Crippen molar-refractivity contribution in [3.63, 3.8) is 0 Å². The van der Waals surface area contributed by atoms with E-state index in [1.54, 1.807) is 0 Å². The third-order valence-corrected chi connectivity index (χ3v) is 5.91. The standard InChI is InChI=1S/C26H25NO3/c1-2-23(29-20-13-11-17-7-3-4-8-18(17)15-20)26(28)27-19-12-14-22-21-9-5-6-10-24(21)30-25(22)16-19/h5-6,9-16,23H,2-4,7-8H2,1H3,(H,27,28). The Kier molecular flexibility index (Phi) is 4.91. The van der Waals surface area contributed by atoms with Crippen molar-refractivity contribution in [1.29, 1.82) is 0 Å². The molecule has 30 heavy (non-hydrogen) atoms. The van der Waals surface area contributed by atoms with Gasteiger partial charge in [0.05, 0.1) is 0 Å². The summed E-state index contributed by atoms with van der Waals surface area (Å²) in [5, 5.41) is 5.11. The van der Waals surface area contributed by atoms with Gasteiger partial charge in [-0.05, 0) is 73.6 Å². The molecule has 3 aromatic carbocycles. The topological polar surface area (TPSA) is 51.5 Å². The lowest BCUT2D eigenvalue weighted by Gasteiger charge is -2.20. The fraction of sp³-hybridized carbons (Fsp3) is 0.269. The van der Waals surface area contributed by atoms with Crippen LogP contribution in [-0.2, 0) is 17.6 Å². The van der Waals surface area contributed by atoms with Crippen molar-refractivity contribution in [1.82, 2.24) is 0 Å². The van der Waals surface area contributed by atoms with Crippen LogP contribution in [0.25, 0.3) is 21.9 Å². The van der Waals surface area contributed by atoms with Crippen LogP contribution in [0.1, 0.15) is 37.3 Å². The molecule has 0 spiro atoms. The van der Waals surface area contributed by atoms with Gasteiger partial charge < -0.3 is 14.5 Å². The molecule has 0 saturated heterocycles. The van der Waals surface area contributed by atoms with Crippen LogP contribution in [0, 0.1) is 0 Å². The molecule has 1 aliphatic carbocycles. The summed E-state index contributed by atoms with van der Waals surface area (Å²) in [6.07, 6.45) is 4.75. The molecule has 1 heterocycles. The van der Waals surface area contributed by atoms with Crippen molar-refractivity contribution in [2.24, 2.45) is 0 Å². The van der Waals surface area contributed by atoms with E-state index in [1.807, 2.05) is 55.5 Å². The van der Waals surface area contributed by atoms with Crippen molar-refractivity contribution in [3.8, 4) is 5.75 Å².